The zero-order chi connectivity index (χ0) is 22.7. The number of benzene rings is 2. The molecule has 0 saturated carbocycles. The van der Waals surface area contributed by atoms with Crippen LogP contribution in [0.5, 0.6) is 11.5 Å². The Morgan fingerprint density at radius 2 is 1.84 bits per heavy atom. The van der Waals surface area contributed by atoms with Gasteiger partial charge in [-0.25, -0.2) is 0 Å². The number of methoxy groups -OCH3 is 2. The Balaban J connectivity index is 1.79. The Kier molecular flexibility index (Phi) is 6.91. The number of nitrogens with one attached hydrogen (secondary N) is 1. The Hall–Kier alpha value is -2.71. The molecule has 4 rings (SSSR count). The van der Waals surface area contributed by atoms with Gasteiger partial charge in [0.1, 0.15) is 11.5 Å². The van der Waals surface area contributed by atoms with Crippen molar-refractivity contribution >= 4 is 29.3 Å². The molecule has 0 aromatic heterocycles. The molecule has 0 spiro atoms. The van der Waals surface area contributed by atoms with Crippen LogP contribution in [-0.2, 0) is 14.3 Å². The molecule has 1 saturated heterocycles. The van der Waals surface area contributed by atoms with Gasteiger partial charge in [0.05, 0.1) is 25.2 Å². The van der Waals surface area contributed by atoms with Gasteiger partial charge in [0.25, 0.3) is 5.91 Å². The van der Waals surface area contributed by atoms with Crippen LogP contribution >= 0.6 is 11.8 Å². The number of carbonyl (C=O) groups is 2. The number of rotatable bonds is 6. The number of hydrogen-bond acceptors (Lipinski definition) is 7. The fraction of sp³-hybridized carbons (Fsp3) is 0.417. The van der Waals surface area contributed by atoms with E-state index in [0.29, 0.717) is 12.3 Å². The maximum absolute atomic E-state index is 13.8. The summed E-state index contributed by atoms with van der Waals surface area (Å²) in [5.74, 6) is 0.733. The Morgan fingerprint density at radius 3 is 2.47 bits per heavy atom. The Bertz CT molecular complexity index is 975. The molecule has 7 nitrogen and oxygen atoms in total. The summed E-state index contributed by atoms with van der Waals surface area (Å²) in [5, 5.41) is 3.05. The molecule has 2 aromatic carbocycles. The average molecular weight is 457 g/mol. The molecular weight excluding hydrogens is 428 g/mol. The molecule has 2 aromatic rings. The van der Waals surface area contributed by atoms with E-state index in [0.717, 1.165) is 41.3 Å². The lowest BCUT2D eigenvalue weighted by Crippen LogP contribution is -2.47. The van der Waals surface area contributed by atoms with Gasteiger partial charge in [-0.05, 0) is 55.3 Å². The van der Waals surface area contributed by atoms with Crippen LogP contribution in [0.3, 0.4) is 0 Å². The van der Waals surface area contributed by atoms with E-state index >= 15 is 0 Å². The molecule has 1 fully saturated rings. The van der Waals surface area contributed by atoms with Crippen molar-refractivity contribution in [3.63, 3.8) is 0 Å². The zero-order valence-corrected chi connectivity index (χ0v) is 19.3. The van der Waals surface area contributed by atoms with Crippen LogP contribution in [0.25, 0.3) is 0 Å². The fourth-order valence-corrected chi connectivity index (χ4v) is 5.53. The topological polar surface area (TPSA) is 77.1 Å². The Labute approximate surface area is 192 Å². The molecule has 0 bridgehead atoms. The van der Waals surface area contributed by atoms with Crippen LogP contribution in [0.2, 0.25) is 0 Å². The van der Waals surface area contributed by atoms with E-state index in [4.69, 9.17) is 14.2 Å². The standard InChI is InChI=1S/C24H28N2O5S/c1-15(27)31-22-23(16-6-8-18(29-2)9-7-16)32-21-13-19(30-3)10-11-20(21)26(24(22)28)14-17-5-4-12-25-17/h6-11,13,17,22-23,25H,4-5,12,14H2,1-3H3/t17-,22?,23?/m0/s1. The number of carbonyl (C=O) groups excluding carboxylic acids is 2. The third-order valence-corrected chi connectivity index (χ3v) is 7.15. The summed E-state index contributed by atoms with van der Waals surface area (Å²) in [4.78, 5) is 28.5. The first kappa shape index (κ1) is 22.5. The smallest absolute Gasteiger partial charge is 0.303 e. The molecule has 2 unspecified atom stereocenters. The van der Waals surface area contributed by atoms with Gasteiger partial charge in [0, 0.05) is 24.4 Å². The van der Waals surface area contributed by atoms with Gasteiger partial charge in [-0.15, -0.1) is 11.8 Å². The van der Waals surface area contributed by atoms with E-state index in [1.165, 1.54) is 18.7 Å². The molecule has 1 N–H and O–H groups in total. The first-order chi connectivity index (χ1) is 15.5. The van der Waals surface area contributed by atoms with Gasteiger partial charge in [0.15, 0.2) is 6.10 Å². The van der Waals surface area contributed by atoms with Crippen LogP contribution < -0.4 is 19.7 Å². The van der Waals surface area contributed by atoms with Gasteiger partial charge in [-0.2, -0.15) is 0 Å². The largest absolute Gasteiger partial charge is 0.497 e. The van der Waals surface area contributed by atoms with Crippen LogP contribution in [0.1, 0.15) is 30.6 Å². The van der Waals surface area contributed by atoms with Crippen molar-refractivity contribution in [3.8, 4) is 11.5 Å². The molecule has 0 aliphatic carbocycles. The Morgan fingerprint density at radius 1 is 1.12 bits per heavy atom. The van der Waals surface area contributed by atoms with Gasteiger partial charge >= 0.3 is 5.97 Å². The monoisotopic (exact) mass is 456 g/mol. The van der Waals surface area contributed by atoms with Crippen molar-refractivity contribution in [1.29, 1.82) is 0 Å². The summed E-state index contributed by atoms with van der Waals surface area (Å²) in [7, 11) is 3.23. The lowest BCUT2D eigenvalue weighted by atomic mass is 10.0. The number of amides is 1. The van der Waals surface area contributed by atoms with E-state index in [-0.39, 0.29) is 11.9 Å². The normalized spacial score (nSPS) is 22.8. The number of thioether (sulfide) groups is 1. The highest BCUT2D eigenvalue weighted by molar-refractivity contribution is 7.99. The van der Waals surface area contributed by atoms with E-state index in [1.807, 2.05) is 42.5 Å². The third-order valence-electron chi connectivity index (χ3n) is 5.80. The zero-order valence-electron chi connectivity index (χ0n) is 18.5. The predicted octanol–water partition coefficient (Wildman–Crippen LogP) is 3.57. The summed E-state index contributed by atoms with van der Waals surface area (Å²) < 4.78 is 16.4. The minimum Gasteiger partial charge on any atom is -0.497 e. The number of esters is 1. The summed E-state index contributed by atoms with van der Waals surface area (Å²) in [6.07, 6.45) is 1.13. The number of anilines is 1. The van der Waals surface area contributed by atoms with E-state index in [1.54, 1.807) is 19.1 Å². The highest BCUT2D eigenvalue weighted by Crippen LogP contribution is 2.48. The van der Waals surface area contributed by atoms with E-state index < -0.39 is 17.3 Å². The molecule has 2 aliphatic heterocycles. The molecular formula is C24H28N2O5S. The maximum atomic E-state index is 13.8. The second kappa shape index (κ2) is 9.83. The highest BCUT2D eigenvalue weighted by Gasteiger charge is 2.41. The van der Waals surface area contributed by atoms with Gasteiger partial charge in [-0.3, -0.25) is 9.59 Å². The summed E-state index contributed by atoms with van der Waals surface area (Å²) in [6, 6.07) is 13.4. The van der Waals surface area contributed by atoms with Gasteiger partial charge in [0.2, 0.25) is 0 Å². The number of hydrogen-bond donors (Lipinski definition) is 1. The van der Waals surface area contributed by atoms with E-state index in [9.17, 15) is 9.59 Å². The number of nitrogens with zero attached hydrogens (tertiary/aromatic N) is 1. The summed E-state index contributed by atoms with van der Waals surface area (Å²) in [5.41, 5.74) is 1.69. The highest BCUT2D eigenvalue weighted by atomic mass is 32.2. The maximum Gasteiger partial charge on any atom is 0.303 e. The first-order valence-corrected chi connectivity index (χ1v) is 11.6. The van der Waals surface area contributed by atoms with Crippen molar-refractivity contribution in [1.82, 2.24) is 5.32 Å². The summed E-state index contributed by atoms with van der Waals surface area (Å²) >= 11 is 1.51. The molecule has 2 heterocycles. The lowest BCUT2D eigenvalue weighted by Gasteiger charge is -2.29. The van der Waals surface area contributed by atoms with Crippen molar-refractivity contribution in [3.05, 3.63) is 48.0 Å². The average Bonchev–Trinajstić information content (AvgIpc) is 3.29. The molecule has 0 radical (unpaired) electrons. The van der Waals surface area contributed by atoms with Crippen molar-refractivity contribution < 1.29 is 23.8 Å². The molecule has 3 atom stereocenters. The molecule has 8 heteroatoms. The quantitative estimate of drug-likeness (QED) is 0.666. The van der Waals surface area contributed by atoms with Gasteiger partial charge in [-0.1, -0.05) is 12.1 Å². The van der Waals surface area contributed by atoms with Gasteiger partial charge < -0.3 is 24.4 Å². The molecule has 1 amide bonds. The van der Waals surface area contributed by atoms with Crippen LogP contribution in [0.15, 0.2) is 47.4 Å². The number of ether oxygens (including phenoxy) is 3. The van der Waals surface area contributed by atoms with Crippen molar-refractivity contribution in [2.75, 3.05) is 32.2 Å². The third kappa shape index (κ3) is 4.71. The second-order valence-corrected chi connectivity index (χ2v) is 9.10. The minimum atomic E-state index is -0.953. The minimum absolute atomic E-state index is 0.203. The SMILES string of the molecule is COc1ccc(C2Sc3cc(OC)ccc3N(C[C@@H]3CCCN3)C(=O)C2OC(C)=O)cc1. The second-order valence-electron chi connectivity index (χ2n) is 7.92. The van der Waals surface area contributed by atoms with Crippen LogP contribution in [-0.4, -0.2) is 51.3 Å². The fourth-order valence-electron chi connectivity index (χ4n) is 4.19. The first-order valence-electron chi connectivity index (χ1n) is 10.7. The molecule has 170 valence electrons. The van der Waals surface area contributed by atoms with Crippen molar-refractivity contribution in [2.45, 2.75) is 42.1 Å². The lowest BCUT2D eigenvalue weighted by molar-refractivity contribution is -0.152. The molecule has 32 heavy (non-hydrogen) atoms. The van der Waals surface area contributed by atoms with Crippen LogP contribution in [0, 0.1) is 0 Å². The summed E-state index contributed by atoms with van der Waals surface area (Å²) in [6.45, 7) is 2.80. The van der Waals surface area contributed by atoms with E-state index in [2.05, 4.69) is 5.32 Å². The predicted molar refractivity (Wildman–Crippen MR) is 124 cm³/mol. The van der Waals surface area contributed by atoms with Crippen LogP contribution in [0.4, 0.5) is 5.69 Å². The van der Waals surface area contributed by atoms with Crippen molar-refractivity contribution in [2.24, 2.45) is 0 Å². The molecule has 2 aliphatic rings. The number of fused-ring (bicyclic) bond motifs is 1.